The monoisotopic (exact) mass is 311 g/mol. The molecule has 1 aromatic rings. The molecule has 1 aliphatic rings. The Kier molecular flexibility index (Phi) is 5.30. The zero-order valence-corrected chi connectivity index (χ0v) is 12.9. The third-order valence-electron chi connectivity index (χ3n) is 3.71. The fourth-order valence-corrected chi connectivity index (χ4v) is 3.35. The van der Waals surface area contributed by atoms with Crippen molar-refractivity contribution in [2.45, 2.75) is 51.1 Å². The van der Waals surface area contributed by atoms with Crippen LogP contribution in [0.15, 0.2) is 5.38 Å². The fraction of sp³-hybridized carbons (Fsp3) is 0.643. The Bertz CT molecular complexity index is 515. The number of carbonyl (C=O) groups excluding carboxylic acids is 1. The number of amides is 1. The lowest BCUT2D eigenvalue weighted by Gasteiger charge is -2.35. The maximum atomic E-state index is 12.6. The van der Waals surface area contributed by atoms with E-state index < -0.39 is 5.97 Å². The van der Waals surface area contributed by atoms with E-state index in [0.29, 0.717) is 18.7 Å². The number of carboxylic acid groups (broad SMARTS) is 1. The Labute approximate surface area is 128 Å². The molecule has 0 bridgehead atoms. The molecule has 2 unspecified atom stereocenters. The molecule has 7 heteroatoms. The maximum Gasteiger partial charge on any atom is 0.303 e. The van der Waals surface area contributed by atoms with Crippen LogP contribution in [-0.4, -0.2) is 39.5 Å². The van der Waals surface area contributed by atoms with E-state index in [4.69, 9.17) is 10.8 Å². The molecular weight excluding hydrogens is 290 g/mol. The fourth-order valence-electron chi connectivity index (χ4n) is 2.60. The molecule has 2 rings (SSSR count). The summed E-state index contributed by atoms with van der Waals surface area (Å²) < 4.78 is 0. The number of carboxylic acids is 1. The molecule has 1 saturated heterocycles. The molecule has 1 aliphatic heterocycles. The van der Waals surface area contributed by atoms with Gasteiger partial charge in [-0.25, -0.2) is 4.98 Å². The molecule has 1 amide bonds. The Hall–Kier alpha value is -1.47. The highest BCUT2D eigenvalue weighted by Crippen LogP contribution is 2.24. The van der Waals surface area contributed by atoms with Crippen molar-refractivity contribution in [1.82, 2.24) is 9.88 Å². The van der Waals surface area contributed by atoms with Crippen molar-refractivity contribution >= 4 is 23.2 Å². The third kappa shape index (κ3) is 4.01. The molecule has 6 nitrogen and oxygen atoms in total. The summed E-state index contributed by atoms with van der Waals surface area (Å²) in [6, 6.07) is -0.177. The summed E-state index contributed by atoms with van der Waals surface area (Å²) in [7, 11) is 0. The van der Waals surface area contributed by atoms with Crippen LogP contribution in [0.2, 0.25) is 0 Å². The Morgan fingerprint density at radius 2 is 2.33 bits per heavy atom. The van der Waals surface area contributed by atoms with E-state index in [2.05, 4.69) is 4.98 Å². The number of likely N-dealkylation sites (tertiary alicyclic amines) is 1. The SMILES string of the molecule is CC(N)c1nc(C(=O)N2CCCCC2CCC(=O)O)cs1. The third-order valence-corrected chi connectivity index (χ3v) is 4.76. The molecule has 2 atom stereocenters. The van der Waals surface area contributed by atoms with E-state index in [0.717, 1.165) is 24.3 Å². The van der Waals surface area contributed by atoms with Gasteiger partial charge in [0, 0.05) is 24.4 Å². The summed E-state index contributed by atoms with van der Waals surface area (Å²) in [5, 5.41) is 11.3. The summed E-state index contributed by atoms with van der Waals surface area (Å²) in [5.41, 5.74) is 6.20. The second-order valence-corrected chi connectivity index (χ2v) is 6.33. The molecule has 3 N–H and O–H groups in total. The van der Waals surface area contributed by atoms with E-state index >= 15 is 0 Å². The lowest BCUT2D eigenvalue weighted by molar-refractivity contribution is -0.137. The van der Waals surface area contributed by atoms with Crippen LogP contribution in [-0.2, 0) is 4.79 Å². The number of nitrogens with two attached hydrogens (primary N) is 1. The van der Waals surface area contributed by atoms with Gasteiger partial charge in [-0.1, -0.05) is 0 Å². The van der Waals surface area contributed by atoms with Gasteiger partial charge in [0.15, 0.2) is 0 Å². The van der Waals surface area contributed by atoms with Gasteiger partial charge in [0.25, 0.3) is 5.91 Å². The van der Waals surface area contributed by atoms with Crippen molar-refractivity contribution in [1.29, 1.82) is 0 Å². The Balaban J connectivity index is 2.08. The predicted octanol–water partition coefficient (Wildman–Crippen LogP) is 2.02. The van der Waals surface area contributed by atoms with Gasteiger partial charge < -0.3 is 15.7 Å². The topological polar surface area (TPSA) is 96.5 Å². The van der Waals surface area contributed by atoms with Crippen molar-refractivity contribution in [3.8, 4) is 0 Å². The minimum Gasteiger partial charge on any atom is -0.481 e. The maximum absolute atomic E-state index is 12.6. The van der Waals surface area contributed by atoms with Gasteiger partial charge in [-0.2, -0.15) is 0 Å². The number of aromatic nitrogens is 1. The molecule has 116 valence electrons. The normalized spacial score (nSPS) is 20.3. The molecule has 0 aromatic carbocycles. The largest absolute Gasteiger partial charge is 0.481 e. The first-order valence-corrected chi connectivity index (χ1v) is 8.10. The summed E-state index contributed by atoms with van der Waals surface area (Å²) in [5.74, 6) is -0.922. The smallest absolute Gasteiger partial charge is 0.303 e. The molecule has 1 fully saturated rings. The number of nitrogens with zero attached hydrogens (tertiary/aromatic N) is 2. The quantitative estimate of drug-likeness (QED) is 0.867. The highest BCUT2D eigenvalue weighted by Gasteiger charge is 2.29. The van der Waals surface area contributed by atoms with Crippen LogP contribution in [0, 0.1) is 0 Å². The first kappa shape index (κ1) is 15.9. The second-order valence-electron chi connectivity index (χ2n) is 5.44. The summed E-state index contributed by atoms with van der Waals surface area (Å²) in [6.07, 6.45) is 3.46. The van der Waals surface area contributed by atoms with Crippen LogP contribution < -0.4 is 5.73 Å². The number of carbonyl (C=O) groups is 2. The van der Waals surface area contributed by atoms with Gasteiger partial charge >= 0.3 is 5.97 Å². The van der Waals surface area contributed by atoms with Crippen LogP contribution in [0.3, 0.4) is 0 Å². The van der Waals surface area contributed by atoms with Crippen LogP contribution in [0.1, 0.15) is 60.6 Å². The number of rotatable bonds is 5. The Morgan fingerprint density at radius 1 is 1.57 bits per heavy atom. The summed E-state index contributed by atoms with van der Waals surface area (Å²) in [4.78, 5) is 29.4. The number of hydrogen-bond donors (Lipinski definition) is 2. The molecule has 2 heterocycles. The first-order chi connectivity index (χ1) is 9.99. The average molecular weight is 311 g/mol. The van der Waals surface area contributed by atoms with Gasteiger partial charge in [-0.15, -0.1) is 11.3 Å². The van der Waals surface area contributed by atoms with E-state index in [-0.39, 0.29) is 24.4 Å². The number of hydrogen-bond acceptors (Lipinski definition) is 5. The van der Waals surface area contributed by atoms with Crippen LogP contribution in [0.5, 0.6) is 0 Å². The highest BCUT2D eigenvalue weighted by molar-refractivity contribution is 7.09. The average Bonchev–Trinajstić information content (AvgIpc) is 2.94. The summed E-state index contributed by atoms with van der Waals surface area (Å²) >= 11 is 1.39. The molecule has 0 spiro atoms. The van der Waals surface area contributed by atoms with Crippen molar-refractivity contribution in [2.24, 2.45) is 5.73 Å². The van der Waals surface area contributed by atoms with E-state index in [1.165, 1.54) is 11.3 Å². The van der Waals surface area contributed by atoms with Crippen molar-refractivity contribution in [3.63, 3.8) is 0 Å². The lowest BCUT2D eigenvalue weighted by Crippen LogP contribution is -2.44. The zero-order valence-electron chi connectivity index (χ0n) is 12.1. The molecule has 0 radical (unpaired) electrons. The zero-order chi connectivity index (χ0) is 15.4. The van der Waals surface area contributed by atoms with Crippen molar-refractivity contribution in [3.05, 3.63) is 16.1 Å². The standard InChI is InChI=1S/C14H21N3O3S/c1-9(15)13-16-11(8-21-13)14(20)17-7-3-2-4-10(17)5-6-12(18)19/h8-10H,2-7,15H2,1H3,(H,18,19). The number of aliphatic carboxylic acids is 1. The number of thiazole rings is 1. The van der Waals surface area contributed by atoms with Gasteiger partial charge in [-0.05, 0) is 32.6 Å². The van der Waals surface area contributed by atoms with Crippen LogP contribution in [0.4, 0.5) is 0 Å². The van der Waals surface area contributed by atoms with Crippen LogP contribution >= 0.6 is 11.3 Å². The second kappa shape index (κ2) is 7.00. The molecule has 0 saturated carbocycles. The minimum absolute atomic E-state index is 0.00259. The van der Waals surface area contributed by atoms with E-state index in [1.54, 1.807) is 10.3 Å². The molecular formula is C14H21N3O3S. The predicted molar refractivity (Wildman–Crippen MR) is 80.3 cm³/mol. The highest BCUT2D eigenvalue weighted by atomic mass is 32.1. The molecule has 0 aliphatic carbocycles. The van der Waals surface area contributed by atoms with Gasteiger partial charge in [0.1, 0.15) is 10.7 Å². The Morgan fingerprint density at radius 3 is 2.95 bits per heavy atom. The minimum atomic E-state index is -0.819. The molecule has 21 heavy (non-hydrogen) atoms. The lowest BCUT2D eigenvalue weighted by atomic mass is 9.97. The first-order valence-electron chi connectivity index (χ1n) is 7.23. The van der Waals surface area contributed by atoms with Gasteiger partial charge in [0.05, 0.1) is 6.04 Å². The summed E-state index contributed by atoms with van der Waals surface area (Å²) in [6.45, 7) is 2.51. The van der Waals surface area contributed by atoms with E-state index in [1.807, 2.05) is 6.92 Å². The van der Waals surface area contributed by atoms with E-state index in [9.17, 15) is 9.59 Å². The van der Waals surface area contributed by atoms with Crippen LogP contribution in [0.25, 0.3) is 0 Å². The molecule has 1 aromatic heterocycles. The van der Waals surface area contributed by atoms with Gasteiger partial charge in [-0.3, -0.25) is 9.59 Å². The van der Waals surface area contributed by atoms with Crippen molar-refractivity contribution < 1.29 is 14.7 Å². The number of piperidine rings is 1. The van der Waals surface area contributed by atoms with Crippen molar-refractivity contribution in [2.75, 3.05) is 6.54 Å². The van der Waals surface area contributed by atoms with Gasteiger partial charge in [0.2, 0.25) is 0 Å².